The van der Waals surface area contributed by atoms with Crippen molar-refractivity contribution in [3.63, 3.8) is 0 Å². The van der Waals surface area contributed by atoms with Crippen molar-refractivity contribution in [1.82, 2.24) is 10.2 Å². The zero-order valence-corrected chi connectivity index (χ0v) is 12.9. The molecule has 0 radical (unpaired) electrons. The minimum Gasteiger partial charge on any atom is -0.468 e. The molecule has 1 amide bonds. The molecule has 0 bridgehead atoms. The normalized spacial score (nSPS) is 31.9. The molecule has 3 atom stereocenters. The summed E-state index contributed by atoms with van der Waals surface area (Å²) in [5, 5.41) is 3.11. The Balaban J connectivity index is 1.34. The predicted molar refractivity (Wildman–Crippen MR) is 81.1 cm³/mol. The Kier molecular flexibility index (Phi) is 3.92. The molecule has 2 saturated heterocycles. The molecule has 0 aromatic carbocycles. The summed E-state index contributed by atoms with van der Waals surface area (Å²) in [7, 11) is 0. The van der Waals surface area contributed by atoms with Gasteiger partial charge in [0.2, 0.25) is 5.91 Å². The molecule has 2 aliphatic heterocycles. The lowest BCUT2D eigenvalue weighted by Gasteiger charge is -2.32. The number of fused-ring (bicyclic) bond motifs is 1. The summed E-state index contributed by atoms with van der Waals surface area (Å²) < 4.78 is 11.2. The van der Waals surface area contributed by atoms with Crippen LogP contribution in [0.5, 0.6) is 0 Å². The number of carbonyl (C=O) groups excluding carboxylic acids is 1. The number of amides is 1. The van der Waals surface area contributed by atoms with Gasteiger partial charge in [0.15, 0.2) is 0 Å². The van der Waals surface area contributed by atoms with Gasteiger partial charge >= 0.3 is 0 Å². The van der Waals surface area contributed by atoms with Crippen LogP contribution in [0.25, 0.3) is 0 Å². The van der Waals surface area contributed by atoms with Gasteiger partial charge in [0, 0.05) is 25.6 Å². The molecule has 3 aliphatic rings. The van der Waals surface area contributed by atoms with E-state index in [4.69, 9.17) is 9.15 Å². The van der Waals surface area contributed by atoms with Crippen molar-refractivity contribution in [3.05, 3.63) is 24.2 Å². The third kappa shape index (κ3) is 3.20. The molecule has 4 rings (SSSR count). The number of rotatable bonds is 5. The SMILES string of the molecule is O=C(C[C@@H]1COC[C@H]2CN(Cc3ccco3)C[C@@H]12)NC1CC1. The van der Waals surface area contributed by atoms with Gasteiger partial charge in [0.05, 0.1) is 26.0 Å². The summed E-state index contributed by atoms with van der Waals surface area (Å²) in [5.74, 6) is 2.72. The van der Waals surface area contributed by atoms with E-state index in [1.807, 2.05) is 12.1 Å². The summed E-state index contributed by atoms with van der Waals surface area (Å²) >= 11 is 0. The van der Waals surface area contributed by atoms with E-state index in [9.17, 15) is 4.79 Å². The number of hydrogen-bond donors (Lipinski definition) is 1. The number of carbonyl (C=O) groups is 1. The molecule has 1 aromatic rings. The van der Waals surface area contributed by atoms with E-state index in [1.165, 1.54) is 0 Å². The van der Waals surface area contributed by atoms with Crippen LogP contribution in [-0.4, -0.2) is 43.2 Å². The van der Waals surface area contributed by atoms with E-state index >= 15 is 0 Å². The molecule has 22 heavy (non-hydrogen) atoms. The topological polar surface area (TPSA) is 54.7 Å². The fourth-order valence-electron chi connectivity index (χ4n) is 3.91. The molecule has 3 fully saturated rings. The van der Waals surface area contributed by atoms with Crippen LogP contribution in [0.3, 0.4) is 0 Å². The third-order valence-electron chi connectivity index (χ3n) is 5.19. The van der Waals surface area contributed by atoms with Crippen LogP contribution in [0.4, 0.5) is 0 Å². The Hall–Kier alpha value is -1.33. The highest BCUT2D eigenvalue weighted by molar-refractivity contribution is 5.76. The van der Waals surface area contributed by atoms with Gasteiger partial charge in [0.1, 0.15) is 5.76 Å². The Bertz CT molecular complexity index is 512. The minimum absolute atomic E-state index is 0.209. The second-order valence-corrected chi connectivity index (χ2v) is 7.04. The fraction of sp³-hybridized carbons (Fsp3) is 0.706. The number of nitrogens with one attached hydrogen (secondary N) is 1. The summed E-state index contributed by atoms with van der Waals surface area (Å²) in [6.07, 6.45) is 4.64. The molecule has 3 heterocycles. The van der Waals surface area contributed by atoms with Gasteiger partial charge in [-0.15, -0.1) is 0 Å². The van der Waals surface area contributed by atoms with Crippen molar-refractivity contribution < 1.29 is 13.9 Å². The van der Waals surface area contributed by atoms with Gasteiger partial charge in [0.25, 0.3) is 0 Å². The maximum atomic E-state index is 12.1. The van der Waals surface area contributed by atoms with E-state index < -0.39 is 0 Å². The molecule has 5 heteroatoms. The van der Waals surface area contributed by atoms with Crippen LogP contribution in [0.15, 0.2) is 22.8 Å². The lowest BCUT2D eigenvalue weighted by molar-refractivity contribution is -0.124. The number of furan rings is 1. The highest BCUT2D eigenvalue weighted by Crippen LogP contribution is 2.36. The first-order valence-corrected chi connectivity index (χ1v) is 8.40. The van der Waals surface area contributed by atoms with Crippen molar-refractivity contribution in [3.8, 4) is 0 Å². The van der Waals surface area contributed by atoms with Crippen LogP contribution in [-0.2, 0) is 16.1 Å². The number of nitrogens with zero attached hydrogens (tertiary/aromatic N) is 1. The van der Waals surface area contributed by atoms with Gasteiger partial charge < -0.3 is 14.5 Å². The smallest absolute Gasteiger partial charge is 0.220 e. The van der Waals surface area contributed by atoms with Crippen molar-refractivity contribution >= 4 is 5.91 Å². The van der Waals surface area contributed by atoms with Crippen LogP contribution in [0, 0.1) is 17.8 Å². The molecule has 0 unspecified atom stereocenters. The lowest BCUT2D eigenvalue weighted by Crippen LogP contribution is -2.38. The second-order valence-electron chi connectivity index (χ2n) is 7.04. The standard InChI is InChI=1S/C17H24N2O3/c20-17(18-14-3-4-14)6-12-10-21-11-13-7-19(9-16(12)13)8-15-2-1-5-22-15/h1-2,5,12-14,16H,3-4,6-11H2,(H,18,20)/t12-,13-,16+/m1/s1. The van der Waals surface area contributed by atoms with Gasteiger partial charge in [-0.25, -0.2) is 0 Å². The van der Waals surface area contributed by atoms with Crippen molar-refractivity contribution in [2.24, 2.45) is 17.8 Å². The number of ether oxygens (including phenoxy) is 1. The zero-order valence-electron chi connectivity index (χ0n) is 12.9. The third-order valence-corrected chi connectivity index (χ3v) is 5.19. The molecule has 1 N–H and O–H groups in total. The molecule has 1 aliphatic carbocycles. The van der Waals surface area contributed by atoms with Gasteiger partial charge in [-0.05, 0) is 42.7 Å². The molecule has 5 nitrogen and oxygen atoms in total. The predicted octanol–water partition coefficient (Wildman–Crippen LogP) is 1.64. The van der Waals surface area contributed by atoms with Gasteiger partial charge in [-0.2, -0.15) is 0 Å². The maximum absolute atomic E-state index is 12.1. The van der Waals surface area contributed by atoms with E-state index in [2.05, 4.69) is 10.2 Å². The van der Waals surface area contributed by atoms with Crippen molar-refractivity contribution in [2.45, 2.75) is 31.8 Å². The average molecular weight is 304 g/mol. The summed E-state index contributed by atoms with van der Waals surface area (Å²) in [5.41, 5.74) is 0. The highest BCUT2D eigenvalue weighted by Gasteiger charge is 2.41. The average Bonchev–Trinajstić information content (AvgIpc) is 3.00. The van der Waals surface area contributed by atoms with E-state index in [1.54, 1.807) is 6.26 Å². The number of hydrogen-bond acceptors (Lipinski definition) is 4. The Morgan fingerprint density at radius 3 is 3.00 bits per heavy atom. The first-order chi connectivity index (χ1) is 10.8. The van der Waals surface area contributed by atoms with Gasteiger partial charge in [-0.1, -0.05) is 0 Å². The molecular weight excluding hydrogens is 280 g/mol. The van der Waals surface area contributed by atoms with Crippen LogP contribution in [0.1, 0.15) is 25.0 Å². The lowest BCUT2D eigenvalue weighted by atomic mass is 9.81. The Morgan fingerprint density at radius 1 is 1.32 bits per heavy atom. The first-order valence-electron chi connectivity index (χ1n) is 8.40. The Morgan fingerprint density at radius 2 is 2.23 bits per heavy atom. The van der Waals surface area contributed by atoms with Crippen molar-refractivity contribution in [2.75, 3.05) is 26.3 Å². The maximum Gasteiger partial charge on any atom is 0.220 e. The first kappa shape index (κ1) is 14.3. The molecular formula is C17H24N2O3. The quantitative estimate of drug-likeness (QED) is 0.898. The summed E-state index contributed by atoms with van der Waals surface area (Å²) in [6, 6.07) is 4.41. The van der Waals surface area contributed by atoms with Gasteiger partial charge in [-0.3, -0.25) is 9.69 Å². The zero-order chi connectivity index (χ0) is 14.9. The molecule has 1 aromatic heterocycles. The molecule has 120 valence electrons. The van der Waals surface area contributed by atoms with E-state index in [-0.39, 0.29) is 5.91 Å². The number of likely N-dealkylation sites (tertiary alicyclic amines) is 1. The monoisotopic (exact) mass is 304 g/mol. The van der Waals surface area contributed by atoms with E-state index in [0.717, 1.165) is 51.4 Å². The fourth-order valence-corrected chi connectivity index (χ4v) is 3.91. The molecule has 0 spiro atoms. The Labute approximate surface area is 131 Å². The molecule has 1 saturated carbocycles. The van der Waals surface area contributed by atoms with Crippen LogP contribution < -0.4 is 5.32 Å². The van der Waals surface area contributed by atoms with Crippen molar-refractivity contribution in [1.29, 1.82) is 0 Å². The summed E-state index contributed by atoms with van der Waals surface area (Å²) in [6.45, 7) is 4.52. The van der Waals surface area contributed by atoms with Crippen LogP contribution in [0.2, 0.25) is 0 Å². The highest BCUT2D eigenvalue weighted by atomic mass is 16.5. The van der Waals surface area contributed by atoms with Crippen LogP contribution >= 0.6 is 0 Å². The summed E-state index contributed by atoms with van der Waals surface area (Å²) in [4.78, 5) is 14.5. The second kappa shape index (κ2) is 6.05. The van der Waals surface area contributed by atoms with E-state index in [0.29, 0.717) is 30.2 Å². The largest absolute Gasteiger partial charge is 0.468 e. The minimum atomic E-state index is 0.209.